The quantitative estimate of drug-likeness (QED) is 0.235. The van der Waals surface area contributed by atoms with Gasteiger partial charge in [-0.15, -0.1) is 11.3 Å². The Balaban J connectivity index is 1.48. The lowest BCUT2D eigenvalue weighted by Crippen LogP contribution is -2.55. The van der Waals surface area contributed by atoms with Crippen LogP contribution in [0.4, 0.5) is 0 Å². The largest absolute Gasteiger partial charge is 0.462 e. The number of nitrogens with zero attached hydrogens (tertiary/aromatic N) is 1. The number of ether oxygens (including phenoxy) is 1. The van der Waals surface area contributed by atoms with E-state index >= 15 is 0 Å². The molecule has 0 radical (unpaired) electrons. The number of nitrogens with one attached hydrogen (secondary N) is 1. The van der Waals surface area contributed by atoms with Crippen molar-refractivity contribution in [3.8, 4) is 0 Å². The standard InChI is InChI=1S/C30H30Cl2N2O6S/c1-2-39-30(38)25-14-12-18(41-25)16-40-33-28(36)26-19-7-3-4-8-20(19)29(37)34(23-9-5-6-10-24(23)35)27(26)21-13-11-17(31)15-22(21)32/h3-4,7-8,11-15,23-24,26-27,35H,2,5-6,9-10,16H2,1H3,(H,33,36)/t23-,24-,26+,27-/m0/s1. The van der Waals surface area contributed by atoms with Crippen LogP contribution in [-0.4, -0.2) is 46.5 Å². The molecule has 0 bridgehead atoms. The predicted octanol–water partition coefficient (Wildman–Crippen LogP) is 6.06. The van der Waals surface area contributed by atoms with Gasteiger partial charge >= 0.3 is 5.97 Å². The van der Waals surface area contributed by atoms with Crippen LogP contribution in [0.2, 0.25) is 10.0 Å². The van der Waals surface area contributed by atoms with Crippen molar-refractivity contribution >= 4 is 52.3 Å². The summed E-state index contributed by atoms with van der Waals surface area (Å²) in [5, 5.41) is 11.8. The molecular formula is C30H30Cl2N2O6S. The second-order valence-corrected chi connectivity index (χ2v) is 12.1. The maximum absolute atomic E-state index is 14.0. The lowest BCUT2D eigenvalue weighted by Gasteiger charge is -2.48. The first-order chi connectivity index (χ1) is 19.8. The number of esters is 1. The molecule has 3 aromatic rings. The van der Waals surface area contributed by atoms with Crippen LogP contribution in [0.1, 0.15) is 80.6 Å². The Morgan fingerprint density at radius 1 is 1.07 bits per heavy atom. The van der Waals surface area contributed by atoms with E-state index in [0.717, 1.165) is 17.7 Å². The summed E-state index contributed by atoms with van der Waals surface area (Å²) in [7, 11) is 0. The fourth-order valence-corrected chi connectivity index (χ4v) is 7.03. The van der Waals surface area contributed by atoms with Crippen LogP contribution in [-0.2, 0) is 21.0 Å². The highest BCUT2D eigenvalue weighted by atomic mass is 35.5. The predicted molar refractivity (Wildman–Crippen MR) is 156 cm³/mol. The summed E-state index contributed by atoms with van der Waals surface area (Å²) >= 11 is 14.1. The first-order valence-corrected chi connectivity index (χ1v) is 15.1. The van der Waals surface area contributed by atoms with Crippen LogP contribution in [0.15, 0.2) is 54.6 Å². The Kier molecular flexibility index (Phi) is 9.31. The molecule has 8 nitrogen and oxygen atoms in total. The Bertz CT molecular complexity index is 1450. The van der Waals surface area contributed by atoms with Gasteiger partial charge in [0, 0.05) is 20.5 Å². The normalized spacial score (nSPS) is 22.2. The van der Waals surface area contributed by atoms with Gasteiger partial charge in [0.05, 0.1) is 30.7 Å². The summed E-state index contributed by atoms with van der Waals surface area (Å²) in [4.78, 5) is 48.4. The first kappa shape index (κ1) is 29.5. The van der Waals surface area contributed by atoms with E-state index in [9.17, 15) is 19.5 Å². The number of fused-ring (bicyclic) bond motifs is 1. The monoisotopic (exact) mass is 616 g/mol. The molecule has 4 atom stereocenters. The van der Waals surface area contributed by atoms with Gasteiger partial charge in [0.15, 0.2) is 0 Å². The Morgan fingerprint density at radius 3 is 2.61 bits per heavy atom. The van der Waals surface area contributed by atoms with Crippen molar-refractivity contribution in [2.75, 3.05) is 6.61 Å². The summed E-state index contributed by atoms with van der Waals surface area (Å²) < 4.78 is 5.04. The minimum absolute atomic E-state index is 0.0283. The molecule has 2 aromatic carbocycles. The van der Waals surface area contributed by atoms with Crippen molar-refractivity contribution in [1.82, 2.24) is 10.4 Å². The van der Waals surface area contributed by atoms with Crippen molar-refractivity contribution < 1.29 is 29.1 Å². The third-order valence-corrected chi connectivity index (χ3v) is 9.12. The van der Waals surface area contributed by atoms with Crippen molar-refractivity contribution in [1.29, 1.82) is 0 Å². The molecule has 11 heteroatoms. The molecule has 1 aliphatic heterocycles. The number of rotatable bonds is 8. The maximum Gasteiger partial charge on any atom is 0.348 e. The van der Waals surface area contributed by atoms with Gasteiger partial charge in [-0.05, 0) is 61.2 Å². The van der Waals surface area contributed by atoms with Gasteiger partial charge in [-0.1, -0.05) is 60.3 Å². The zero-order valence-corrected chi connectivity index (χ0v) is 24.7. The molecule has 2 heterocycles. The van der Waals surface area contributed by atoms with Crippen LogP contribution in [0.5, 0.6) is 0 Å². The maximum atomic E-state index is 14.0. The molecule has 1 saturated carbocycles. The molecular weight excluding hydrogens is 587 g/mol. The lowest BCUT2D eigenvalue weighted by atomic mass is 9.77. The second-order valence-electron chi connectivity index (χ2n) is 10.0. The molecule has 1 aromatic heterocycles. The molecule has 41 heavy (non-hydrogen) atoms. The zero-order chi connectivity index (χ0) is 29.1. The molecule has 2 aliphatic rings. The van der Waals surface area contributed by atoms with Gasteiger partial charge in [-0.2, -0.15) is 0 Å². The topological polar surface area (TPSA) is 105 Å². The highest BCUT2D eigenvalue weighted by Crippen LogP contribution is 2.47. The van der Waals surface area contributed by atoms with E-state index in [1.54, 1.807) is 66.4 Å². The van der Waals surface area contributed by atoms with E-state index in [4.69, 9.17) is 32.8 Å². The van der Waals surface area contributed by atoms with Crippen LogP contribution in [0, 0.1) is 0 Å². The molecule has 2 amide bonds. The lowest BCUT2D eigenvalue weighted by molar-refractivity contribution is -0.138. The van der Waals surface area contributed by atoms with E-state index in [1.807, 2.05) is 0 Å². The van der Waals surface area contributed by atoms with E-state index < -0.39 is 36.0 Å². The molecule has 0 saturated heterocycles. The van der Waals surface area contributed by atoms with Crippen LogP contribution >= 0.6 is 34.5 Å². The number of benzene rings is 2. The number of carbonyl (C=O) groups excluding carboxylic acids is 3. The third-order valence-electron chi connectivity index (χ3n) is 7.52. The smallest absolute Gasteiger partial charge is 0.348 e. The SMILES string of the molecule is CCOC(=O)c1ccc(CONC(=O)[C@@H]2c3ccccc3C(=O)N([C@H]3CCCC[C@@H]3O)[C@H]2c2ccc(Cl)cc2Cl)s1. The van der Waals surface area contributed by atoms with Gasteiger partial charge in [-0.3, -0.25) is 14.4 Å². The highest BCUT2D eigenvalue weighted by Gasteiger charge is 2.49. The molecule has 0 unspecified atom stereocenters. The first-order valence-electron chi connectivity index (χ1n) is 13.5. The van der Waals surface area contributed by atoms with Gasteiger partial charge in [-0.25, -0.2) is 10.3 Å². The highest BCUT2D eigenvalue weighted by molar-refractivity contribution is 7.13. The van der Waals surface area contributed by atoms with Crippen LogP contribution in [0.25, 0.3) is 0 Å². The molecule has 1 aliphatic carbocycles. The summed E-state index contributed by atoms with van der Waals surface area (Å²) in [6, 6.07) is 14.0. The fourth-order valence-electron chi connectivity index (χ4n) is 5.70. The van der Waals surface area contributed by atoms with Crippen molar-refractivity contribution in [2.24, 2.45) is 0 Å². The summed E-state index contributed by atoms with van der Waals surface area (Å²) in [5.41, 5.74) is 4.05. The molecule has 5 rings (SSSR count). The molecule has 216 valence electrons. The van der Waals surface area contributed by atoms with Gasteiger partial charge in [0.1, 0.15) is 11.5 Å². The van der Waals surface area contributed by atoms with E-state index in [1.165, 1.54) is 11.3 Å². The van der Waals surface area contributed by atoms with Gasteiger partial charge in [0.2, 0.25) is 0 Å². The van der Waals surface area contributed by atoms with Crippen molar-refractivity contribution in [3.63, 3.8) is 0 Å². The number of halogens is 2. The molecule has 1 fully saturated rings. The number of hydrogen-bond acceptors (Lipinski definition) is 7. The number of aliphatic hydroxyl groups is 1. The van der Waals surface area contributed by atoms with Gasteiger partial charge in [0.25, 0.3) is 11.8 Å². The average molecular weight is 618 g/mol. The minimum Gasteiger partial charge on any atom is -0.462 e. The number of amides is 2. The molecule has 2 N–H and O–H groups in total. The Labute approximate surface area is 252 Å². The van der Waals surface area contributed by atoms with Gasteiger partial charge < -0.3 is 14.7 Å². The zero-order valence-electron chi connectivity index (χ0n) is 22.3. The van der Waals surface area contributed by atoms with Crippen molar-refractivity contribution in [3.05, 3.63) is 91.1 Å². The number of hydrogen-bond donors (Lipinski definition) is 2. The van der Waals surface area contributed by atoms with Crippen molar-refractivity contribution in [2.45, 2.75) is 63.3 Å². The minimum atomic E-state index is -0.893. The second kappa shape index (κ2) is 12.9. The summed E-state index contributed by atoms with van der Waals surface area (Å²) in [6.07, 6.45) is 2.14. The van der Waals surface area contributed by atoms with E-state index in [-0.39, 0.29) is 19.1 Å². The molecule has 0 spiro atoms. The number of thiophene rings is 1. The third kappa shape index (κ3) is 6.15. The van der Waals surface area contributed by atoms with E-state index in [2.05, 4.69) is 5.48 Å². The van der Waals surface area contributed by atoms with E-state index in [0.29, 0.717) is 44.5 Å². The number of hydroxylamine groups is 1. The number of aliphatic hydroxyl groups excluding tert-OH is 1. The summed E-state index contributed by atoms with van der Waals surface area (Å²) in [5.74, 6) is -2.05. The Morgan fingerprint density at radius 2 is 1.85 bits per heavy atom. The summed E-state index contributed by atoms with van der Waals surface area (Å²) in [6.45, 7) is 2.04. The van der Waals surface area contributed by atoms with Crippen LogP contribution in [0.3, 0.4) is 0 Å². The Hall–Kier alpha value is -2.95. The fraction of sp³-hybridized carbons (Fsp3) is 0.367. The average Bonchev–Trinajstić information content (AvgIpc) is 3.43. The number of carbonyl (C=O) groups is 3. The van der Waals surface area contributed by atoms with Crippen LogP contribution < -0.4 is 5.48 Å².